The Bertz CT molecular complexity index is 233. The highest BCUT2D eigenvalue weighted by Gasteiger charge is 2.15. The van der Waals surface area contributed by atoms with Crippen LogP contribution >= 0.6 is 0 Å². The van der Waals surface area contributed by atoms with E-state index in [1.165, 1.54) is 0 Å². The van der Waals surface area contributed by atoms with Gasteiger partial charge in [-0.2, -0.15) is 4.98 Å². The van der Waals surface area contributed by atoms with Crippen molar-refractivity contribution in [1.82, 2.24) is 10.1 Å². The lowest BCUT2D eigenvalue weighted by Gasteiger charge is -2.00. The molecule has 0 spiro atoms. The van der Waals surface area contributed by atoms with Gasteiger partial charge in [-0.3, -0.25) is 0 Å². The lowest BCUT2D eigenvalue weighted by molar-refractivity contribution is 0.350. The highest BCUT2D eigenvalue weighted by atomic mass is 16.5. The Morgan fingerprint density at radius 1 is 1.07 bits per heavy atom. The largest absolute Gasteiger partial charge is 0.339 e. The Labute approximate surface area is 93.3 Å². The summed E-state index contributed by atoms with van der Waals surface area (Å²) in [5.41, 5.74) is 0. The summed E-state index contributed by atoms with van der Waals surface area (Å²) >= 11 is 0. The fourth-order valence-corrected chi connectivity index (χ4v) is 1.00. The van der Waals surface area contributed by atoms with Gasteiger partial charge in [0.1, 0.15) is 0 Å². The first-order chi connectivity index (χ1) is 7.19. The molecule has 88 valence electrons. The van der Waals surface area contributed by atoms with Crippen LogP contribution in [0.5, 0.6) is 0 Å². The molecule has 0 radical (unpaired) electrons. The van der Waals surface area contributed by atoms with Crippen LogP contribution in [0.4, 0.5) is 0 Å². The van der Waals surface area contributed by atoms with E-state index in [1.54, 1.807) is 0 Å². The molecule has 0 aromatic carbocycles. The van der Waals surface area contributed by atoms with E-state index < -0.39 is 0 Å². The van der Waals surface area contributed by atoms with Crippen molar-refractivity contribution in [3.63, 3.8) is 0 Å². The average molecular weight is 212 g/mol. The van der Waals surface area contributed by atoms with Crippen LogP contribution in [0.2, 0.25) is 0 Å². The molecular formula is C12H24N2O. The highest BCUT2D eigenvalue weighted by Crippen LogP contribution is 2.20. The van der Waals surface area contributed by atoms with Gasteiger partial charge in [0.2, 0.25) is 5.89 Å². The van der Waals surface area contributed by atoms with Crippen LogP contribution in [-0.2, 0) is 0 Å². The van der Waals surface area contributed by atoms with Crippen LogP contribution in [0.25, 0.3) is 0 Å². The molecule has 0 aliphatic heterocycles. The maximum atomic E-state index is 5.18. The molecule has 2 unspecified atom stereocenters. The van der Waals surface area contributed by atoms with Crippen molar-refractivity contribution in [3.05, 3.63) is 11.7 Å². The quantitative estimate of drug-likeness (QED) is 0.753. The first-order valence-electron chi connectivity index (χ1n) is 6.02. The van der Waals surface area contributed by atoms with Crippen LogP contribution in [-0.4, -0.2) is 10.1 Å². The molecule has 2 atom stereocenters. The van der Waals surface area contributed by atoms with Crippen molar-refractivity contribution in [2.75, 3.05) is 0 Å². The summed E-state index contributed by atoms with van der Waals surface area (Å²) in [4.78, 5) is 4.37. The molecule has 0 N–H and O–H groups in total. The Hall–Kier alpha value is -0.860. The van der Waals surface area contributed by atoms with E-state index in [-0.39, 0.29) is 0 Å². The van der Waals surface area contributed by atoms with Crippen molar-refractivity contribution in [2.24, 2.45) is 0 Å². The minimum Gasteiger partial charge on any atom is -0.339 e. The van der Waals surface area contributed by atoms with Crippen LogP contribution < -0.4 is 0 Å². The minimum absolute atomic E-state index is 0.380. The first-order valence-corrected chi connectivity index (χ1v) is 6.02. The van der Waals surface area contributed by atoms with Gasteiger partial charge in [-0.1, -0.05) is 46.7 Å². The smallest absolute Gasteiger partial charge is 0.229 e. The number of rotatable bonds is 4. The van der Waals surface area contributed by atoms with Crippen molar-refractivity contribution in [1.29, 1.82) is 0 Å². The van der Waals surface area contributed by atoms with Gasteiger partial charge < -0.3 is 4.52 Å². The van der Waals surface area contributed by atoms with Crippen molar-refractivity contribution in [2.45, 2.75) is 66.2 Å². The summed E-state index contributed by atoms with van der Waals surface area (Å²) in [5, 5.41) is 3.97. The second-order valence-corrected chi connectivity index (χ2v) is 3.61. The fraction of sp³-hybridized carbons (Fsp3) is 0.833. The van der Waals surface area contributed by atoms with Crippen LogP contribution in [0.15, 0.2) is 4.52 Å². The highest BCUT2D eigenvalue weighted by molar-refractivity contribution is 4.96. The summed E-state index contributed by atoms with van der Waals surface area (Å²) in [5.74, 6) is 2.41. The van der Waals surface area contributed by atoms with Crippen LogP contribution in [0.3, 0.4) is 0 Å². The molecule has 3 heteroatoms. The molecule has 1 aromatic rings. The van der Waals surface area contributed by atoms with Gasteiger partial charge in [0.15, 0.2) is 5.82 Å². The SMILES string of the molecule is CC.CCC(C)c1noc(C(C)CC)n1. The van der Waals surface area contributed by atoms with Gasteiger partial charge in [-0.25, -0.2) is 0 Å². The monoisotopic (exact) mass is 212 g/mol. The zero-order valence-electron chi connectivity index (χ0n) is 10.9. The van der Waals surface area contributed by atoms with E-state index in [9.17, 15) is 0 Å². The molecule has 0 aliphatic rings. The zero-order chi connectivity index (χ0) is 11.8. The Kier molecular flexibility index (Phi) is 7.01. The third-order valence-corrected chi connectivity index (χ3v) is 2.54. The van der Waals surface area contributed by atoms with Crippen molar-refractivity contribution in [3.8, 4) is 0 Å². The molecule has 3 nitrogen and oxygen atoms in total. The summed E-state index contributed by atoms with van der Waals surface area (Å²) in [6.07, 6.45) is 2.10. The van der Waals surface area contributed by atoms with Gasteiger partial charge >= 0.3 is 0 Å². The van der Waals surface area contributed by atoms with Gasteiger partial charge in [0.05, 0.1) is 0 Å². The molecule has 0 fully saturated rings. The minimum atomic E-state index is 0.380. The first kappa shape index (κ1) is 14.1. The summed E-state index contributed by atoms with van der Waals surface area (Å²) < 4.78 is 5.18. The molecule has 0 bridgehead atoms. The molecule has 1 aromatic heterocycles. The topological polar surface area (TPSA) is 38.9 Å². The van der Waals surface area contributed by atoms with Crippen molar-refractivity contribution >= 4 is 0 Å². The van der Waals surface area contributed by atoms with Crippen molar-refractivity contribution < 1.29 is 4.52 Å². The maximum absolute atomic E-state index is 5.18. The molecule has 0 amide bonds. The van der Waals surface area contributed by atoms with Gasteiger partial charge in [-0.05, 0) is 12.8 Å². The predicted octanol–water partition coefficient (Wildman–Crippen LogP) is 4.12. The summed E-state index contributed by atoms with van der Waals surface area (Å²) in [7, 11) is 0. The predicted molar refractivity (Wildman–Crippen MR) is 63.1 cm³/mol. The number of nitrogens with zero attached hydrogens (tertiary/aromatic N) is 2. The molecule has 1 rings (SSSR count). The molecular weight excluding hydrogens is 188 g/mol. The van der Waals surface area contributed by atoms with Crippen LogP contribution in [0, 0.1) is 0 Å². The zero-order valence-corrected chi connectivity index (χ0v) is 10.9. The van der Waals surface area contributed by atoms with Gasteiger partial charge in [-0.15, -0.1) is 0 Å². The Balaban J connectivity index is 0.000000921. The molecule has 0 saturated carbocycles. The average Bonchev–Trinajstić information content (AvgIpc) is 2.79. The van der Waals surface area contributed by atoms with E-state index in [0.29, 0.717) is 11.8 Å². The lowest BCUT2D eigenvalue weighted by Crippen LogP contribution is -1.96. The Morgan fingerprint density at radius 2 is 1.60 bits per heavy atom. The third-order valence-electron chi connectivity index (χ3n) is 2.54. The van der Waals surface area contributed by atoms with Gasteiger partial charge in [0.25, 0.3) is 0 Å². The molecule has 15 heavy (non-hydrogen) atoms. The molecule has 1 heterocycles. The summed E-state index contributed by atoms with van der Waals surface area (Å²) in [6.45, 7) is 12.5. The normalized spacial score (nSPS) is 14.0. The van der Waals surface area contributed by atoms with E-state index in [0.717, 1.165) is 24.6 Å². The van der Waals surface area contributed by atoms with E-state index >= 15 is 0 Å². The number of hydrogen-bond donors (Lipinski definition) is 0. The van der Waals surface area contributed by atoms with E-state index in [4.69, 9.17) is 4.52 Å². The number of aromatic nitrogens is 2. The second-order valence-electron chi connectivity index (χ2n) is 3.61. The van der Waals surface area contributed by atoms with Crippen LogP contribution in [0.1, 0.15) is 77.9 Å². The molecule has 0 aliphatic carbocycles. The van der Waals surface area contributed by atoms with Gasteiger partial charge in [0, 0.05) is 11.8 Å². The third kappa shape index (κ3) is 4.02. The van der Waals surface area contributed by atoms with E-state index in [2.05, 4.69) is 37.8 Å². The second kappa shape index (κ2) is 7.43. The molecule has 0 saturated heterocycles. The van der Waals surface area contributed by atoms with E-state index in [1.807, 2.05) is 13.8 Å². The summed E-state index contributed by atoms with van der Waals surface area (Å²) in [6, 6.07) is 0. The fourth-order valence-electron chi connectivity index (χ4n) is 1.00. The Morgan fingerprint density at radius 3 is 2.07 bits per heavy atom. The standard InChI is InChI=1S/C10H18N2O.C2H6/c1-5-7(3)9-11-10(13-12-9)8(4)6-2;1-2/h7-8H,5-6H2,1-4H3;1-2H3. The maximum Gasteiger partial charge on any atom is 0.229 e. The lowest BCUT2D eigenvalue weighted by atomic mass is 10.1. The number of hydrogen-bond acceptors (Lipinski definition) is 3.